The van der Waals surface area contributed by atoms with Crippen molar-refractivity contribution in [2.24, 2.45) is 0 Å². The molecule has 1 nitrogen and oxygen atoms in total. The molecule has 1 saturated heterocycles. The van der Waals surface area contributed by atoms with Gasteiger partial charge in [0.2, 0.25) is 0 Å². The molecule has 9 heavy (non-hydrogen) atoms. The van der Waals surface area contributed by atoms with Crippen LogP contribution in [-0.4, -0.2) is 23.7 Å². The number of hydrogen-bond donors (Lipinski definition) is 0. The Morgan fingerprint density at radius 1 is 1.56 bits per heavy atom. The van der Waals surface area contributed by atoms with Crippen LogP contribution in [0.1, 0.15) is 13.8 Å². The highest BCUT2D eigenvalue weighted by Gasteiger charge is 2.36. The zero-order valence-corrected chi connectivity index (χ0v) is 7.64. The number of methoxy groups -OCH3 is 1. The molecule has 0 spiro atoms. The summed E-state index contributed by atoms with van der Waals surface area (Å²) < 4.78 is 5.60. The van der Waals surface area contributed by atoms with Gasteiger partial charge in [-0.1, -0.05) is 21.6 Å². The van der Waals surface area contributed by atoms with Crippen molar-refractivity contribution in [2.75, 3.05) is 12.9 Å². The molecule has 0 N–H and O–H groups in total. The zero-order valence-electron chi connectivity index (χ0n) is 6.01. The number of hydrogen-bond acceptors (Lipinski definition) is 3. The quantitative estimate of drug-likeness (QED) is 0.550. The molecule has 1 aliphatic heterocycles. The Labute approximate surface area is 64.3 Å². The summed E-state index contributed by atoms with van der Waals surface area (Å²) in [6, 6.07) is 0. The summed E-state index contributed by atoms with van der Waals surface area (Å²) in [4.78, 5) is 0. The molecule has 0 amide bonds. The van der Waals surface area contributed by atoms with Gasteiger partial charge in [-0.25, -0.2) is 0 Å². The Hall–Kier alpha value is 0.660. The molecule has 1 rings (SSSR count). The van der Waals surface area contributed by atoms with Gasteiger partial charge in [-0.05, 0) is 13.8 Å². The van der Waals surface area contributed by atoms with Crippen molar-refractivity contribution in [3.8, 4) is 0 Å². The first-order valence-electron chi connectivity index (χ1n) is 3.00. The maximum atomic E-state index is 5.28. The summed E-state index contributed by atoms with van der Waals surface area (Å²) in [5.74, 6) is 1.13. The van der Waals surface area contributed by atoms with Crippen molar-refractivity contribution in [2.45, 2.75) is 24.7 Å². The summed E-state index contributed by atoms with van der Waals surface area (Å²) in [6.45, 7) is 4.46. The van der Waals surface area contributed by atoms with Crippen molar-refractivity contribution in [1.82, 2.24) is 0 Å². The zero-order chi connectivity index (χ0) is 6.91. The largest absolute Gasteiger partial charge is 0.379 e. The van der Waals surface area contributed by atoms with Crippen molar-refractivity contribution in [1.29, 1.82) is 0 Å². The fourth-order valence-corrected chi connectivity index (χ4v) is 4.10. The van der Waals surface area contributed by atoms with Crippen LogP contribution in [0, 0.1) is 0 Å². The minimum absolute atomic E-state index is 0.319. The van der Waals surface area contributed by atoms with E-state index in [0.717, 1.165) is 5.75 Å². The molecule has 1 atom stereocenters. The predicted octanol–water partition coefficient (Wildman–Crippen LogP) is 2.17. The van der Waals surface area contributed by atoms with Crippen LogP contribution < -0.4 is 0 Å². The third kappa shape index (κ3) is 1.57. The average molecular weight is 164 g/mol. The molecular formula is C6H12OS2. The van der Waals surface area contributed by atoms with E-state index in [2.05, 4.69) is 13.8 Å². The molecule has 0 aliphatic carbocycles. The van der Waals surface area contributed by atoms with Crippen molar-refractivity contribution in [3.05, 3.63) is 0 Å². The van der Waals surface area contributed by atoms with Crippen LogP contribution in [0.3, 0.4) is 0 Å². The Balaban J connectivity index is 2.52. The van der Waals surface area contributed by atoms with Crippen LogP contribution in [0.25, 0.3) is 0 Å². The van der Waals surface area contributed by atoms with Crippen LogP contribution in [0.2, 0.25) is 0 Å². The summed E-state index contributed by atoms with van der Waals surface area (Å²) in [6.07, 6.45) is 0.437. The molecule has 3 heteroatoms. The normalized spacial score (nSPS) is 33.0. The smallest absolute Gasteiger partial charge is 0.0819 e. The van der Waals surface area contributed by atoms with Crippen molar-refractivity contribution >= 4 is 21.6 Å². The first kappa shape index (κ1) is 7.76. The SMILES string of the molecule is COC1CSSC1(C)C. The molecular weight excluding hydrogens is 152 g/mol. The van der Waals surface area contributed by atoms with Crippen LogP contribution in [0.15, 0.2) is 0 Å². The predicted molar refractivity (Wildman–Crippen MR) is 44.9 cm³/mol. The minimum Gasteiger partial charge on any atom is -0.379 e. The summed E-state index contributed by atoms with van der Waals surface area (Å²) in [5.41, 5.74) is 0. The Morgan fingerprint density at radius 2 is 2.22 bits per heavy atom. The minimum atomic E-state index is 0.319. The Morgan fingerprint density at radius 3 is 2.44 bits per heavy atom. The van der Waals surface area contributed by atoms with Gasteiger partial charge in [0.25, 0.3) is 0 Å². The van der Waals surface area contributed by atoms with Gasteiger partial charge < -0.3 is 4.74 Å². The number of rotatable bonds is 1. The van der Waals surface area contributed by atoms with E-state index in [1.54, 1.807) is 7.11 Å². The highest BCUT2D eigenvalue weighted by atomic mass is 33.1. The summed E-state index contributed by atoms with van der Waals surface area (Å²) >= 11 is 0. The van der Waals surface area contributed by atoms with Crippen LogP contribution in [0.4, 0.5) is 0 Å². The van der Waals surface area contributed by atoms with Gasteiger partial charge in [0, 0.05) is 17.6 Å². The lowest BCUT2D eigenvalue weighted by Crippen LogP contribution is -2.31. The van der Waals surface area contributed by atoms with E-state index in [1.807, 2.05) is 21.6 Å². The van der Waals surface area contributed by atoms with Gasteiger partial charge in [-0.3, -0.25) is 0 Å². The molecule has 1 heterocycles. The second kappa shape index (κ2) is 2.72. The Bertz CT molecular complexity index is 103. The summed E-state index contributed by atoms with van der Waals surface area (Å²) in [7, 11) is 5.62. The maximum absolute atomic E-state index is 5.28. The maximum Gasteiger partial charge on any atom is 0.0819 e. The van der Waals surface area contributed by atoms with Gasteiger partial charge in [-0.15, -0.1) is 0 Å². The van der Waals surface area contributed by atoms with Gasteiger partial charge >= 0.3 is 0 Å². The highest BCUT2D eigenvalue weighted by Crippen LogP contribution is 2.47. The molecule has 0 radical (unpaired) electrons. The van der Waals surface area contributed by atoms with E-state index in [9.17, 15) is 0 Å². The lowest BCUT2D eigenvalue weighted by molar-refractivity contribution is 0.1000. The van der Waals surface area contributed by atoms with Gasteiger partial charge in [0.1, 0.15) is 0 Å². The van der Waals surface area contributed by atoms with Gasteiger partial charge in [0.05, 0.1) is 6.10 Å². The molecule has 1 aliphatic rings. The molecule has 0 aromatic heterocycles. The molecule has 0 saturated carbocycles. The second-order valence-electron chi connectivity index (χ2n) is 2.70. The van der Waals surface area contributed by atoms with E-state index in [1.165, 1.54) is 0 Å². The van der Waals surface area contributed by atoms with E-state index in [0.29, 0.717) is 10.9 Å². The van der Waals surface area contributed by atoms with E-state index in [-0.39, 0.29) is 0 Å². The topological polar surface area (TPSA) is 9.23 Å². The molecule has 0 aromatic carbocycles. The third-order valence-electron chi connectivity index (χ3n) is 1.55. The van der Waals surface area contributed by atoms with Crippen LogP contribution in [-0.2, 0) is 4.74 Å². The lowest BCUT2D eigenvalue weighted by Gasteiger charge is -2.22. The van der Waals surface area contributed by atoms with Crippen LogP contribution in [0.5, 0.6) is 0 Å². The van der Waals surface area contributed by atoms with Crippen LogP contribution >= 0.6 is 21.6 Å². The molecule has 0 aromatic rings. The molecule has 54 valence electrons. The van der Waals surface area contributed by atoms with Gasteiger partial charge in [0.15, 0.2) is 0 Å². The fraction of sp³-hybridized carbons (Fsp3) is 1.00. The van der Waals surface area contributed by atoms with Crippen molar-refractivity contribution in [3.63, 3.8) is 0 Å². The first-order valence-corrected chi connectivity index (χ1v) is 5.32. The van der Waals surface area contributed by atoms with Gasteiger partial charge in [-0.2, -0.15) is 0 Å². The molecule has 0 bridgehead atoms. The summed E-state index contributed by atoms with van der Waals surface area (Å²) in [5, 5.41) is 0. The lowest BCUT2D eigenvalue weighted by atomic mass is 10.1. The fourth-order valence-electron chi connectivity index (χ4n) is 0.854. The second-order valence-corrected chi connectivity index (χ2v) is 5.69. The monoisotopic (exact) mass is 164 g/mol. The number of ether oxygens (including phenoxy) is 1. The van der Waals surface area contributed by atoms with E-state index in [4.69, 9.17) is 4.74 Å². The van der Waals surface area contributed by atoms with E-state index < -0.39 is 0 Å². The molecule has 1 fully saturated rings. The molecule has 1 unspecified atom stereocenters. The van der Waals surface area contributed by atoms with E-state index >= 15 is 0 Å². The highest BCUT2D eigenvalue weighted by molar-refractivity contribution is 8.77. The Kier molecular flexibility index (Phi) is 2.35. The third-order valence-corrected chi connectivity index (χ3v) is 4.85. The standard InChI is InChI=1S/C6H12OS2/c1-6(2)5(7-3)4-8-9-6/h5H,4H2,1-3H3. The first-order chi connectivity index (χ1) is 4.17. The van der Waals surface area contributed by atoms with Crippen molar-refractivity contribution < 1.29 is 4.74 Å². The average Bonchev–Trinajstić information content (AvgIpc) is 2.08.